The highest BCUT2D eigenvalue weighted by Crippen LogP contribution is 2.27. The van der Waals surface area contributed by atoms with Crippen LogP contribution in [0.25, 0.3) is 0 Å². The average molecular weight is 251 g/mol. The molecule has 1 aliphatic heterocycles. The molecule has 1 aromatic heterocycles. The van der Waals surface area contributed by atoms with Crippen molar-refractivity contribution in [3.8, 4) is 0 Å². The average Bonchev–Trinajstić information content (AvgIpc) is 2.77. The van der Waals surface area contributed by atoms with Crippen LogP contribution in [-0.4, -0.2) is 24.7 Å². The van der Waals surface area contributed by atoms with Gasteiger partial charge in [-0.2, -0.15) is 0 Å². The third-order valence-electron chi connectivity index (χ3n) is 2.97. The Labute approximate surface area is 108 Å². The highest BCUT2D eigenvalue weighted by atomic mass is 16.6. The van der Waals surface area contributed by atoms with E-state index >= 15 is 0 Å². The van der Waals surface area contributed by atoms with E-state index in [0.29, 0.717) is 11.7 Å². The van der Waals surface area contributed by atoms with E-state index in [-0.39, 0.29) is 5.97 Å². The number of esters is 1. The maximum absolute atomic E-state index is 11.8. The minimum atomic E-state index is -0.487. The molecule has 0 bridgehead atoms. The van der Waals surface area contributed by atoms with Gasteiger partial charge in [-0.1, -0.05) is 0 Å². The Hall–Kier alpha value is -1.29. The molecule has 1 saturated heterocycles. The number of nitrogens with one attached hydrogen (secondary N) is 1. The minimum Gasteiger partial charge on any atom is -0.454 e. The van der Waals surface area contributed by atoms with Crippen LogP contribution >= 0.6 is 0 Å². The number of hydrogen-bond acceptors (Lipinski definition) is 4. The summed E-state index contributed by atoms with van der Waals surface area (Å²) in [6.45, 7) is 7.56. The smallest absolute Gasteiger partial charge is 0.374 e. The number of ether oxygens (including phenoxy) is 1. The van der Waals surface area contributed by atoms with Gasteiger partial charge >= 0.3 is 5.97 Å². The van der Waals surface area contributed by atoms with E-state index in [1.54, 1.807) is 6.07 Å². The molecule has 2 heterocycles. The van der Waals surface area contributed by atoms with E-state index in [4.69, 9.17) is 9.15 Å². The van der Waals surface area contributed by atoms with Gasteiger partial charge in [0.15, 0.2) is 0 Å². The second kappa shape index (κ2) is 5.14. The lowest BCUT2D eigenvalue weighted by atomic mass is 9.96. The molecule has 4 nitrogen and oxygen atoms in total. The van der Waals surface area contributed by atoms with Crippen molar-refractivity contribution in [2.45, 2.75) is 45.1 Å². The topological polar surface area (TPSA) is 51.5 Å². The van der Waals surface area contributed by atoms with Gasteiger partial charge < -0.3 is 14.5 Å². The van der Waals surface area contributed by atoms with Crippen LogP contribution in [-0.2, 0) is 4.74 Å². The lowest BCUT2D eigenvalue weighted by Gasteiger charge is -2.20. The van der Waals surface area contributed by atoms with Gasteiger partial charge in [-0.25, -0.2) is 4.79 Å². The second-order valence-electron chi connectivity index (χ2n) is 5.73. The molecule has 2 rings (SSSR count). The molecule has 18 heavy (non-hydrogen) atoms. The van der Waals surface area contributed by atoms with Gasteiger partial charge in [-0.15, -0.1) is 0 Å². The van der Waals surface area contributed by atoms with Crippen molar-refractivity contribution in [1.29, 1.82) is 0 Å². The Morgan fingerprint density at radius 3 is 2.61 bits per heavy atom. The van der Waals surface area contributed by atoms with E-state index in [1.807, 2.05) is 26.8 Å². The summed E-state index contributed by atoms with van der Waals surface area (Å²) in [4.78, 5) is 11.8. The first-order valence-electron chi connectivity index (χ1n) is 6.49. The number of rotatable bonds is 2. The second-order valence-corrected chi connectivity index (χ2v) is 5.73. The van der Waals surface area contributed by atoms with Crippen LogP contribution in [0.3, 0.4) is 0 Å². The maximum Gasteiger partial charge on any atom is 0.374 e. The Morgan fingerprint density at radius 2 is 2.00 bits per heavy atom. The third-order valence-corrected chi connectivity index (χ3v) is 2.97. The molecule has 0 spiro atoms. The molecule has 1 aliphatic rings. The third kappa shape index (κ3) is 3.35. The molecule has 4 heteroatoms. The summed E-state index contributed by atoms with van der Waals surface area (Å²) < 4.78 is 10.9. The van der Waals surface area contributed by atoms with Crippen molar-refractivity contribution < 1.29 is 13.9 Å². The molecule has 0 aliphatic carbocycles. The first-order valence-corrected chi connectivity index (χ1v) is 6.49. The zero-order chi connectivity index (χ0) is 13.2. The summed E-state index contributed by atoms with van der Waals surface area (Å²) >= 11 is 0. The summed E-state index contributed by atoms with van der Waals surface area (Å²) in [7, 11) is 0. The largest absolute Gasteiger partial charge is 0.454 e. The van der Waals surface area contributed by atoms with Gasteiger partial charge in [0.25, 0.3) is 0 Å². The standard InChI is InChI=1S/C14H21NO3/c1-14(2,3)18-13(16)12-5-4-11(17-12)10-6-8-15-9-7-10/h4-5,10,15H,6-9H2,1-3H3. The van der Waals surface area contributed by atoms with Crippen LogP contribution in [0.5, 0.6) is 0 Å². The highest BCUT2D eigenvalue weighted by molar-refractivity contribution is 5.86. The zero-order valence-corrected chi connectivity index (χ0v) is 11.3. The van der Waals surface area contributed by atoms with Crippen molar-refractivity contribution in [2.24, 2.45) is 0 Å². The van der Waals surface area contributed by atoms with Gasteiger partial charge in [-0.3, -0.25) is 0 Å². The normalized spacial score (nSPS) is 17.7. The summed E-state index contributed by atoms with van der Waals surface area (Å²) in [5, 5.41) is 3.31. The van der Waals surface area contributed by atoms with Crippen LogP contribution in [0.2, 0.25) is 0 Å². The lowest BCUT2D eigenvalue weighted by Crippen LogP contribution is -2.26. The van der Waals surface area contributed by atoms with E-state index in [1.165, 1.54) is 0 Å². The molecule has 1 N–H and O–H groups in total. The molecule has 100 valence electrons. The molecule has 0 radical (unpaired) electrons. The Balaban J connectivity index is 2.03. The first-order chi connectivity index (χ1) is 8.46. The monoisotopic (exact) mass is 251 g/mol. The molecular formula is C14H21NO3. The van der Waals surface area contributed by atoms with E-state index in [9.17, 15) is 4.79 Å². The zero-order valence-electron chi connectivity index (χ0n) is 11.3. The van der Waals surface area contributed by atoms with Gasteiger partial charge in [0, 0.05) is 5.92 Å². The summed E-state index contributed by atoms with van der Waals surface area (Å²) in [6.07, 6.45) is 2.11. The van der Waals surface area contributed by atoms with E-state index in [0.717, 1.165) is 31.7 Å². The fourth-order valence-electron chi connectivity index (χ4n) is 2.12. The number of hydrogen-bond donors (Lipinski definition) is 1. The summed E-state index contributed by atoms with van der Waals surface area (Å²) in [5.41, 5.74) is -0.487. The van der Waals surface area contributed by atoms with Crippen LogP contribution in [0, 0.1) is 0 Å². The number of carbonyl (C=O) groups is 1. The molecule has 1 aromatic rings. The van der Waals surface area contributed by atoms with E-state index < -0.39 is 5.60 Å². The molecule has 0 saturated carbocycles. The molecule has 0 aromatic carbocycles. The first kappa shape index (κ1) is 13.1. The van der Waals surface area contributed by atoms with Crippen molar-refractivity contribution in [2.75, 3.05) is 13.1 Å². The van der Waals surface area contributed by atoms with Crippen LogP contribution < -0.4 is 5.32 Å². The molecule has 0 atom stereocenters. The van der Waals surface area contributed by atoms with Crippen molar-refractivity contribution >= 4 is 5.97 Å². The minimum absolute atomic E-state index is 0.304. The van der Waals surface area contributed by atoms with Crippen molar-refractivity contribution in [3.63, 3.8) is 0 Å². The molecular weight excluding hydrogens is 230 g/mol. The molecule has 0 amide bonds. The maximum atomic E-state index is 11.8. The molecule has 0 unspecified atom stereocenters. The number of furan rings is 1. The van der Waals surface area contributed by atoms with Crippen molar-refractivity contribution in [1.82, 2.24) is 5.32 Å². The number of piperidine rings is 1. The van der Waals surface area contributed by atoms with Crippen LogP contribution in [0.15, 0.2) is 16.5 Å². The predicted molar refractivity (Wildman–Crippen MR) is 68.7 cm³/mol. The van der Waals surface area contributed by atoms with Gasteiger partial charge in [0.1, 0.15) is 11.4 Å². The predicted octanol–water partition coefficient (Wildman–Crippen LogP) is 2.70. The number of carbonyl (C=O) groups excluding carboxylic acids is 1. The van der Waals surface area contributed by atoms with Gasteiger partial charge in [0.2, 0.25) is 5.76 Å². The van der Waals surface area contributed by atoms with Crippen LogP contribution in [0.4, 0.5) is 0 Å². The summed E-state index contributed by atoms with van der Waals surface area (Å²) in [6, 6.07) is 3.61. The Bertz CT molecular complexity index is 411. The highest BCUT2D eigenvalue weighted by Gasteiger charge is 2.23. The lowest BCUT2D eigenvalue weighted by molar-refractivity contribution is 0.00336. The van der Waals surface area contributed by atoms with Gasteiger partial charge in [0.05, 0.1) is 0 Å². The molecule has 1 fully saturated rings. The van der Waals surface area contributed by atoms with Crippen molar-refractivity contribution in [3.05, 3.63) is 23.7 Å². The quantitative estimate of drug-likeness (QED) is 0.821. The van der Waals surface area contributed by atoms with Crippen LogP contribution in [0.1, 0.15) is 55.8 Å². The summed E-state index contributed by atoms with van der Waals surface area (Å²) in [5.74, 6) is 1.24. The Morgan fingerprint density at radius 1 is 1.33 bits per heavy atom. The fraction of sp³-hybridized carbons (Fsp3) is 0.643. The van der Waals surface area contributed by atoms with Gasteiger partial charge in [-0.05, 0) is 58.8 Å². The Kier molecular flexibility index (Phi) is 3.76. The van der Waals surface area contributed by atoms with E-state index in [2.05, 4.69) is 5.32 Å². The SMILES string of the molecule is CC(C)(C)OC(=O)c1ccc(C2CCNCC2)o1. The fourth-order valence-corrected chi connectivity index (χ4v) is 2.12.